The van der Waals surface area contributed by atoms with Gasteiger partial charge in [-0.15, -0.1) is 12.4 Å². The lowest BCUT2D eigenvalue weighted by Gasteiger charge is -1.84. The second-order valence-corrected chi connectivity index (χ2v) is 1.80. The lowest BCUT2D eigenvalue weighted by Crippen LogP contribution is -1.84. The Labute approximate surface area is 58.5 Å². The highest BCUT2D eigenvalue weighted by molar-refractivity contribution is 7.03. The van der Waals surface area contributed by atoms with E-state index in [0.29, 0.717) is 0 Å². The Balaban J connectivity index is 0.000000490. The molecule has 0 saturated heterocycles. The number of nitrogens with zero attached hydrogens (tertiary/aromatic N) is 1. The third-order valence-corrected chi connectivity index (χ3v) is 1.25. The Morgan fingerprint density at radius 1 is 1.75 bits per heavy atom. The van der Waals surface area contributed by atoms with Crippen LogP contribution in [0.2, 0.25) is 0 Å². The van der Waals surface area contributed by atoms with E-state index in [4.69, 9.17) is 0 Å². The highest BCUT2D eigenvalue weighted by Gasteiger charge is 1.82. The molecule has 2 nitrogen and oxygen atoms in total. The molecule has 0 spiro atoms. The molecule has 0 aliphatic heterocycles. The minimum Gasteiger partial charge on any atom is -0.372 e. The van der Waals surface area contributed by atoms with Gasteiger partial charge in [0.15, 0.2) is 0 Å². The van der Waals surface area contributed by atoms with Crippen molar-refractivity contribution in [2.24, 2.45) is 0 Å². The Morgan fingerprint density at radius 2 is 2.50 bits per heavy atom. The van der Waals surface area contributed by atoms with Crippen LogP contribution in [-0.4, -0.2) is 11.4 Å². The highest BCUT2D eigenvalue weighted by atomic mass is 35.5. The molecule has 4 heteroatoms. The molecule has 0 aromatic carbocycles. The van der Waals surface area contributed by atoms with Crippen LogP contribution in [-0.2, 0) is 0 Å². The number of aromatic nitrogens is 1. The van der Waals surface area contributed by atoms with E-state index in [2.05, 4.69) is 9.69 Å². The van der Waals surface area contributed by atoms with Crippen LogP contribution in [0.3, 0.4) is 0 Å². The molecule has 0 atom stereocenters. The first-order valence-corrected chi connectivity index (χ1v) is 2.85. The summed E-state index contributed by atoms with van der Waals surface area (Å²) in [6.45, 7) is 0. The van der Waals surface area contributed by atoms with Crippen molar-refractivity contribution >= 4 is 29.8 Å². The molecule has 0 radical (unpaired) electrons. The van der Waals surface area contributed by atoms with Crippen molar-refractivity contribution in [3.8, 4) is 0 Å². The normalized spacial score (nSPS) is 7.62. The molecule has 0 fully saturated rings. The maximum absolute atomic E-state index is 3.97. The smallest absolute Gasteiger partial charge is 0.139 e. The van der Waals surface area contributed by atoms with Gasteiger partial charge in [0.25, 0.3) is 0 Å². The molecule has 8 heavy (non-hydrogen) atoms. The molecular formula is C4H7ClN2S. The number of nitrogens with one attached hydrogen (secondary N) is 1. The summed E-state index contributed by atoms with van der Waals surface area (Å²) in [6, 6.07) is 1.94. The summed E-state index contributed by atoms with van der Waals surface area (Å²) in [5.41, 5.74) is 0. The Kier molecular flexibility index (Phi) is 3.56. The summed E-state index contributed by atoms with van der Waals surface area (Å²) in [4.78, 5) is 0. The minimum absolute atomic E-state index is 0. The SMILES string of the molecule is CNc1ccsn1.Cl. The van der Waals surface area contributed by atoms with Gasteiger partial charge in [-0.3, -0.25) is 0 Å². The zero-order valence-corrected chi connectivity index (χ0v) is 6.05. The maximum Gasteiger partial charge on any atom is 0.139 e. The summed E-state index contributed by atoms with van der Waals surface area (Å²) in [7, 11) is 1.86. The van der Waals surface area contributed by atoms with Crippen molar-refractivity contribution in [2.45, 2.75) is 0 Å². The lowest BCUT2D eigenvalue weighted by atomic mass is 10.7. The van der Waals surface area contributed by atoms with Gasteiger partial charge in [0.2, 0.25) is 0 Å². The van der Waals surface area contributed by atoms with Crippen LogP contribution in [0, 0.1) is 0 Å². The number of rotatable bonds is 1. The van der Waals surface area contributed by atoms with Gasteiger partial charge in [0, 0.05) is 12.4 Å². The first-order chi connectivity index (χ1) is 3.43. The second kappa shape index (κ2) is 3.69. The van der Waals surface area contributed by atoms with E-state index in [1.165, 1.54) is 11.5 Å². The van der Waals surface area contributed by atoms with E-state index in [0.717, 1.165) is 5.82 Å². The molecule has 0 bridgehead atoms. The van der Waals surface area contributed by atoms with Gasteiger partial charge in [0.05, 0.1) is 0 Å². The monoisotopic (exact) mass is 150 g/mol. The van der Waals surface area contributed by atoms with Crippen LogP contribution in [0.15, 0.2) is 11.4 Å². The largest absolute Gasteiger partial charge is 0.372 e. The standard InChI is InChI=1S/C4H6N2S.ClH/c1-5-4-2-3-7-6-4;/h2-3H,1H3,(H,5,6);1H. The summed E-state index contributed by atoms with van der Waals surface area (Å²) in [6.07, 6.45) is 0. The second-order valence-electron chi connectivity index (χ2n) is 1.13. The zero-order chi connectivity index (χ0) is 5.11. The Hall–Kier alpha value is -0.280. The predicted molar refractivity (Wildman–Crippen MR) is 38.9 cm³/mol. The van der Waals surface area contributed by atoms with Crippen molar-refractivity contribution in [1.82, 2.24) is 4.37 Å². The van der Waals surface area contributed by atoms with Crippen molar-refractivity contribution in [1.29, 1.82) is 0 Å². The van der Waals surface area contributed by atoms with Crippen LogP contribution < -0.4 is 5.32 Å². The molecule has 1 heterocycles. The van der Waals surface area contributed by atoms with Gasteiger partial charge < -0.3 is 5.32 Å². The third-order valence-electron chi connectivity index (χ3n) is 0.694. The summed E-state index contributed by atoms with van der Waals surface area (Å²) >= 11 is 1.45. The topological polar surface area (TPSA) is 24.9 Å². The molecule has 0 aliphatic rings. The average Bonchev–Trinajstić information content (AvgIpc) is 2.14. The van der Waals surface area contributed by atoms with Crippen LogP contribution in [0.1, 0.15) is 0 Å². The van der Waals surface area contributed by atoms with Crippen molar-refractivity contribution in [3.05, 3.63) is 11.4 Å². The van der Waals surface area contributed by atoms with E-state index in [-0.39, 0.29) is 12.4 Å². The maximum atomic E-state index is 3.97. The van der Waals surface area contributed by atoms with Gasteiger partial charge in [0.1, 0.15) is 5.82 Å². The van der Waals surface area contributed by atoms with Crippen molar-refractivity contribution in [2.75, 3.05) is 12.4 Å². The quantitative estimate of drug-likeness (QED) is 0.658. The van der Waals surface area contributed by atoms with Gasteiger partial charge in [-0.1, -0.05) is 0 Å². The van der Waals surface area contributed by atoms with Crippen LogP contribution >= 0.6 is 23.9 Å². The van der Waals surface area contributed by atoms with Gasteiger partial charge in [-0.05, 0) is 17.6 Å². The van der Waals surface area contributed by atoms with E-state index >= 15 is 0 Å². The molecule has 1 N–H and O–H groups in total. The molecular weight excluding hydrogens is 144 g/mol. The lowest BCUT2D eigenvalue weighted by molar-refractivity contribution is 1.43. The fourth-order valence-electron chi connectivity index (χ4n) is 0.341. The van der Waals surface area contributed by atoms with E-state index in [1.54, 1.807) is 0 Å². The number of anilines is 1. The first kappa shape index (κ1) is 7.72. The Bertz CT molecular complexity index is 129. The third kappa shape index (κ3) is 1.68. The van der Waals surface area contributed by atoms with Gasteiger partial charge in [-0.2, -0.15) is 4.37 Å². The van der Waals surface area contributed by atoms with Crippen LogP contribution in [0.4, 0.5) is 5.82 Å². The number of hydrogen-bond acceptors (Lipinski definition) is 3. The molecule has 0 amide bonds. The van der Waals surface area contributed by atoms with Crippen molar-refractivity contribution in [3.63, 3.8) is 0 Å². The average molecular weight is 151 g/mol. The molecule has 1 aromatic heterocycles. The van der Waals surface area contributed by atoms with E-state index in [9.17, 15) is 0 Å². The minimum atomic E-state index is 0. The van der Waals surface area contributed by atoms with Crippen LogP contribution in [0.25, 0.3) is 0 Å². The van der Waals surface area contributed by atoms with Gasteiger partial charge in [-0.25, -0.2) is 0 Å². The zero-order valence-electron chi connectivity index (χ0n) is 4.42. The highest BCUT2D eigenvalue weighted by Crippen LogP contribution is 2.02. The first-order valence-electron chi connectivity index (χ1n) is 2.01. The Morgan fingerprint density at radius 3 is 2.75 bits per heavy atom. The number of halogens is 1. The summed E-state index contributed by atoms with van der Waals surface area (Å²) in [5, 5.41) is 4.84. The van der Waals surface area contributed by atoms with Gasteiger partial charge >= 0.3 is 0 Å². The van der Waals surface area contributed by atoms with E-state index in [1.807, 2.05) is 18.5 Å². The molecule has 46 valence electrons. The molecule has 0 aliphatic carbocycles. The molecule has 0 unspecified atom stereocenters. The fourth-order valence-corrected chi connectivity index (χ4v) is 0.858. The van der Waals surface area contributed by atoms with Crippen molar-refractivity contribution < 1.29 is 0 Å². The van der Waals surface area contributed by atoms with Crippen LogP contribution in [0.5, 0.6) is 0 Å². The molecule has 1 aromatic rings. The molecule has 0 saturated carbocycles. The molecule has 1 rings (SSSR count). The number of hydrogen-bond donors (Lipinski definition) is 1. The summed E-state index contributed by atoms with van der Waals surface area (Å²) < 4.78 is 3.97. The predicted octanol–water partition coefficient (Wildman–Crippen LogP) is 1.61. The fraction of sp³-hybridized carbons (Fsp3) is 0.250. The van der Waals surface area contributed by atoms with E-state index < -0.39 is 0 Å². The summed E-state index contributed by atoms with van der Waals surface area (Å²) in [5.74, 6) is 0.949.